The third-order valence-electron chi connectivity index (χ3n) is 3.80. The summed E-state index contributed by atoms with van der Waals surface area (Å²) in [6.07, 6.45) is 6.79. The molecule has 2 fully saturated rings. The third-order valence-corrected chi connectivity index (χ3v) is 3.80. The molecule has 1 saturated carbocycles. The van der Waals surface area contributed by atoms with Crippen molar-refractivity contribution in [3.63, 3.8) is 0 Å². The van der Waals surface area contributed by atoms with E-state index in [2.05, 4.69) is 18.7 Å². The predicted molar refractivity (Wildman–Crippen MR) is 64.5 cm³/mol. The molecule has 3 heteroatoms. The van der Waals surface area contributed by atoms with Crippen molar-refractivity contribution in [3.8, 4) is 0 Å². The van der Waals surface area contributed by atoms with Gasteiger partial charge in [-0.25, -0.2) is 0 Å². The van der Waals surface area contributed by atoms with E-state index in [-0.39, 0.29) is 18.3 Å². The van der Waals surface area contributed by atoms with Crippen molar-refractivity contribution in [1.82, 2.24) is 4.90 Å². The van der Waals surface area contributed by atoms with Crippen molar-refractivity contribution >= 4 is 0 Å². The maximum Gasteiger partial charge on any atom is 0.0940 e. The summed E-state index contributed by atoms with van der Waals surface area (Å²) in [6.45, 7) is 6.32. The number of hydrogen-bond acceptors (Lipinski definition) is 3. The summed E-state index contributed by atoms with van der Waals surface area (Å²) in [5, 5.41) is 9.29. The van der Waals surface area contributed by atoms with Gasteiger partial charge in [0.2, 0.25) is 0 Å². The lowest BCUT2D eigenvalue weighted by molar-refractivity contribution is -0.158. The van der Waals surface area contributed by atoms with E-state index >= 15 is 0 Å². The van der Waals surface area contributed by atoms with Gasteiger partial charge in [-0.05, 0) is 26.7 Å². The first-order chi connectivity index (χ1) is 7.61. The zero-order valence-corrected chi connectivity index (χ0v) is 10.6. The van der Waals surface area contributed by atoms with Gasteiger partial charge >= 0.3 is 0 Å². The van der Waals surface area contributed by atoms with Gasteiger partial charge in [0.25, 0.3) is 0 Å². The topological polar surface area (TPSA) is 32.7 Å². The van der Waals surface area contributed by atoms with E-state index in [0.717, 1.165) is 19.1 Å². The minimum Gasteiger partial charge on any atom is -0.394 e. The Hall–Kier alpha value is -0.120. The van der Waals surface area contributed by atoms with Gasteiger partial charge < -0.3 is 9.84 Å². The molecule has 2 rings (SSSR count). The average molecular weight is 227 g/mol. The van der Waals surface area contributed by atoms with Gasteiger partial charge in [0.1, 0.15) is 0 Å². The van der Waals surface area contributed by atoms with Crippen LogP contribution in [0.1, 0.15) is 46.0 Å². The smallest absolute Gasteiger partial charge is 0.0940 e. The fraction of sp³-hybridized carbons (Fsp3) is 1.00. The van der Waals surface area contributed by atoms with Gasteiger partial charge in [-0.1, -0.05) is 19.3 Å². The van der Waals surface area contributed by atoms with Gasteiger partial charge in [-0.2, -0.15) is 0 Å². The highest BCUT2D eigenvalue weighted by atomic mass is 16.5. The largest absolute Gasteiger partial charge is 0.394 e. The Labute approximate surface area is 98.8 Å². The van der Waals surface area contributed by atoms with E-state index < -0.39 is 0 Å². The summed E-state index contributed by atoms with van der Waals surface area (Å²) in [5.41, 5.74) is -0.108. The molecule has 1 saturated heterocycles. The van der Waals surface area contributed by atoms with Gasteiger partial charge in [0.05, 0.1) is 18.3 Å². The zero-order valence-electron chi connectivity index (χ0n) is 10.6. The quantitative estimate of drug-likeness (QED) is 0.780. The summed E-state index contributed by atoms with van der Waals surface area (Å²) in [7, 11) is 0. The molecule has 0 bridgehead atoms. The van der Waals surface area contributed by atoms with Crippen LogP contribution in [0.15, 0.2) is 0 Å². The predicted octanol–water partition coefficient (Wildman–Crippen LogP) is 1.79. The standard InChI is InChI=1S/C13H25NO2/c1-13(2)10-14(8-12(9-15)16-13)11-6-4-3-5-7-11/h11-12,15H,3-10H2,1-2H3. The van der Waals surface area contributed by atoms with Crippen LogP contribution in [0.4, 0.5) is 0 Å². The van der Waals surface area contributed by atoms with Crippen LogP contribution in [0.5, 0.6) is 0 Å². The molecule has 0 spiro atoms. The number of rotatable bonds is 2. The van der Waals surface area contributed by atoms with Crippen LogP contribution in [-0.2, 0) is 4.74 Å². The van der Waals surface area contributed by atoms with E-state index in [1.807, 2.05) is 0 Å². The molecule has 0 aromatic carbocycles. The van der Waals surface area contributed by atoms with E-state index in [1.165, 1.54) is 32.1 Å². The van der Waals surface area contributed by atoms with Crippen LogP contribution in [0.3, 0.4) is 0 Å². The second kappa shape index (κ2) is 5.03. The van der Waals surface area contributed by atoms with Gasteiger partial charge in [0.15, 0.2) is 0 Å². The normalized spacial score (nSPS) is 32.8. The van der Waals surface area contributed by atoms with Crippen molar-refractivity contribution in [2.45, 2.75) is 63.7 Å². The highest BCUT2D eigenvalue weighted by molar-refractivity contribution is 4.88. The number of aliphatic hydroxyl groups is 1. The van der Waals surface area contributed by atoms with Gasteiger partial charge in [-0.3, -0.25) is 4.90 Å². The third kappa shape index (κ3) is 2.96. The highest BCUT2D eigenvalue weighted by Gasteiger charge is 2.36. The van der Waals surface area contributed by atoms with E-state index in [4.69, 9.17) is 4.74 Å². The van der Waals surface area contributed by atoms with Crippen molar-refractivity contribution in [2.75, 3.05) is 19.7 Å². The maximum absolute atomic E-state index is 9.29. The molecule has 0 amide bonds. The van der Waals surface area contributed by atoms with Crippen molar-refractivity contribution in [1.29, 1.82) is 0 Å². The number of ether oxygens (including phenoxy) is 1. The molecule has 1 heterocycles. The first-order valence-electron chi connectivity index (χ1n) is 6.63. The molecule has 1 atom stereocenters. The van der Waals surface area contributed by atoms with E-state index in [9.17, 15) is 5.11 Å². The molecule has 0 aromatic rings. The lowest BCUT2D eigenvalue weighted by Gasteiger charge is -2.46. The molecule has 94 valence electrons. The molecule has 0 aromatic heterocycles. The van der Waals surface area contributed by atoms with Crippen LogP contribution in [0, 0.1) is 0 Å². The Morgan fingerprint density at radius 2 is 1.94 bits per heavy atom. The number of morpholine rings is 1. The van der Waals surface area contributed by atoms with Crippen LogP contribution >= 0.6 is 0 Å². The molecule has 16 heavy (non-hydrogen) atoms. The zero-order chi connectivity index (χ0) is 11.6. The molecule has 1 aliphatic carbocycles. The van der Waals surface area contributed by atoms with E-state index in [0.29, 0.717) is 0 Å². The lowest BCUT2D eigenvalue weighted by Crippen LogP contribution is -2.57. The number of aliphatic hydroxyl groups excluding tert-OH is 1. The Balaban J connectivity index is 1.97. The van der Waals surface area contributed by atoms with E-state index in [1.54, 1.807) is 0 Å². The average Bonchev–Trinajstić information content (AvgIpc) is 2.28. The fourth-order valence-corrected chi connectivity index (χ4v) is 3.16. The van der Waals surface area contributed by atoms with Crippen molar-refractivity contribution in [2.24, 2.45) is 0 Å². The molecular formula is C13H25NO2. The Morgan fingerprint density at radius 3 is 2.56 bits per heavy atom. The summed E-state index contributed by atoms with van der Waals surface area (Å²) >= 11 is 0. The summed E-state index contributed by atoms with van der Waals surface area (Å²) < 4.78 is 5.85. The maximum atomic E-state index is 9.29. The fourth-order valence-electron chi connectivity index (χ4n) is 3.16. The Bertz CT molecular complexity index is 224. The monoisotopic (exact) mass is 227 g/mol. The van der Waals surface area contributed by atoms with Crippen LogP contribution in [-0.4, -0.2) is 47.4 Å². The van der Waals surface area contributed by atoms with Crippen LogP contribution in [0.2, 0.25) is 0 Å². The summed E-state index contributed by atoms with van der Waals surface area (Å²) in [5.74, 6) is 0. The Kier molecular flexibility index (Phi) is 3.88. The molecule has 1 aliphatic heterocycles. The number of nitrogens with zero attached hydrogens (tertiary/aromatic N) is 1. The SMILES string of the molecule is CC1(C)CN(C2CCCCC2)CC(CO)O1. The number of hydrogen-bond donors (Lipinski definition) is 1. The second-order valence-corrected chi connectivity index (χ2v) is 5.90. The molecule has 3 nitrogen and oxygen atoms in total. The van der Waals surface area contributed by atoms with Crippen LogP contribution < -0.4 is 0 Å². The molecule has 1 unspecified atom stereocenters. The summed E-state index contributed by atoms with van der Waals surface area (Å²) in [4.78, 5) is 2.55. The lowest BCUT2D eigenvalue weighted by atomic mass is 9.92. The first kappa shape index (κ1) is 12.3. The van der Waals surface area contributed by atoms with Gasteiger partial charge in [-0.15, -0.1) is 0 Å². The molecule has 2 aliphatic rings. The highest BCUT2D eigenvalue weighted by Crippen LogP contribution is 2.28. The van der Waals surface area contributed by atoms with Crippen molar-refractivity contribution in [3.05, 3.63) is 0 Å². The Morgan fingerprint density at radius 1 is 1.25 bits per heavy atom. The van der Waals surface area contributed by atoms with Crippen molar-refractivity contribution < 1.29 is 9.84 Å². The molecule has 0 radical (unpaired) electrons. The first-order valence-corrected chi connectivity index (χ1v) is 6.63. The van der Waals surface area contributed by atoms with Gasteiger partial charge in [0, 0.05) is 19.1 Å². The summed E-state index contributed by atoms with van der Waals surface area (Å²) in [6, 6.07) is 0.728. The second-order valence-electron chi connectivity index (χ2n) is 5.90. The minimum atomic E-state index is -0.108. The molecule has 1 N–H and O–H groups in total. The van der Waals surface area contributed by atoms with Crippen LogP contribution in [0.25, 0.3) is 0 Å². The minimum absolute atomic E-state index is 0.00526. The molecular weight excluding hydrogens is 202 g/mol.